The summed E-state index contributed by atoms with van der Waals surface area (Å²) in [4.78, 5) is 4.50. The predicted molar refractivity (Wildman–Crippen MR) is 119 cm³/mol. The third-order valence-electron chi connectivity index (χ3n) is 5.00. The van der Waals surface area contributed by atoms with E-state index >= 15 is 0 Å². The number of sulfonamides is 1. The van der Waals surface area contributed by atoms with Gasteiger partial charge in [-0.3, -0.25) is 4.99 Å². The summed E-state index contributed by atoms with van der Waals surface area (Å²) in [5, 5.41) is 6.36. The second-order valence-corrected chi connectivity index (χ2v) is 9.39. The van der Waals surface area contributed by atoms with E-state index in [1.165, 1.54) is 12.1 Å². The van der Waals surface area contributed by atoms with Crippen LogP contribution in [0.1, 0.15) is 25.3 Å². The van der Waals surface area contributed by atoms with Gasteiger partial charge >= 0.3 is 0 Å². The fraction of sp³-hybridized carbons (Fsp3) is 0.409. The van der Waals surface area contributed by atoms with Crippen molar-refractivity contribution in [3.8, 4) is 5.75 Å². The summed E-state index contributed by atoms with van der Waals surface area (Å²) in [5.41, 5.74) is 0.937. The van der Waals surface area contributed by atoms with Crippen molar-refractivity contribution in [1.29, 1.82) is 0 Å². The van der Waals surface area contributed by atoms with E-state index in [0.29, 0.717) is 42.8 Å². The first-order chi connectivity index (χ1) is 14.9. The van der Waals surface area contributed by atoms with Crippen molar-refractivity contribution in [1.82, 2.24) is 14.9 Å². The van der Waals surface area contributed by atoms with E-state index < -0.39 is 10.0 Å². The molecule has 0 saturated carbocycles. The van der Waals surface area contributed by atoms with Crippen molar-refractivity contribution in [3.05, 3.63) is 59.9 Å². The molecule has 3 rings (SSSR count). The molecule has 9 heteroatoms. The van der Waals surface area contributed by atoms with Crippen LogP contribution in [0.4, 0.5) is 4.39 Å². The summed E-state index contributed by atoms with van der Waals surface area (Å²) in [5.74, 6) is 0.721. The Morgan fingerprint density at radius 2 is 1.87 bits per heavy atom. The number of halogens is 1. The Labute approximate surface area is 183 Å². The Morgan fingerprint density at radius 1 is 1.16 bits per heavy atom. The molecule has 0 radical (unpaired) electrons. The third-order valence-corrected chi connectivity index (χ3v) is 6.91. The Morgan fingerprint density at radius 3 is 2.52 bits per heavy atom. The number of nitrogens with one attached hydrogen (secondary N) is 2. The fourth-order valence-electron chi connectivity index (χ4n) is 3.32. The van der Waals surface area contributed by atoms with E-state index in [0.717, 1.165) is 18.4 Å². The number of ether oxygens (including phenoxy) is 1. The van der Waals surface area contributed by atoms with Gasteiger partial charge in [-0.05, 0) is 49.6 Å². The molecule has 1 aliphatic rings. The second kappa shape index (κ2) is 10.6. The summed E-state index contributed by atoms with van der Waals surface area (Å²) in [6.45, 7) is 4.03. The molecule has 0 amide bonds. The fourth-order valence-corrected chi connectivity index (χ4v) is 4.83. The minimum Gasteiger partial charge on any atom is -0.489 e. The highest BCUT2D eigenvalue weighted by atomic mass is 32.2. The number of hydrogen-bond acceptors (Lipinski definition) is 4. The zero-order valence-electron chi connectivity index (χ0n) is 17.8. The Balaban J connectivity index is 1.48. The molecule has 1 saturated heterocycles. The Bertz CT molecular complexity index is 990. The lowest BCUT2D eigenvalue weighted by Crippen LogP contribution is -2.41. The molecule has 1 unspecified atom stereocenters. The highest BCUT2D eigenvalue weighted by molar-refractivity contribution is 7.89. The number of aliphatic imine (C=N–C) groups is 1. The molecule has 0 spiro atoms. The zero-order valence-corrected chi connectivity index (χ0v) is 18.7. The first-order valence-electron chi connectivity index (χ1n) is 10.3. The van der Waals surface area contributed by atoms with Gasteiger partial charge in [-0.25, -0.2) is 12.8 Å². The van der Waals surface area contributed by atoms with Crippen LogP contribution in [0.3, 0.4) is 0 Å². The molecule has 2 aromatic rings. The van der Waals surface area contributed by atoms with Gasteiger partial charge in [0.15, 0.2) is 5.96 Å². The molecule has 7 nitrogen and oxygen atoms in total. The van der Waals surface area contributed by atoms with E-state index in [4.69, 9.17) is 4.74 Å². The third kappa shape index (κ3) is 6.41. The van der Waals surface area contributed by atoms with E-state index in [2.05, 4.69) is 15.6 Å². The summed E-state index contributed by atoms with van der Waals surface area (Å²) >= 11 is 0. The van der Waals surface area contributed by atoms with Crippen molar-refractivity contribution >= 4 is 16.0 Å². The molecule has 1 atom stereocenters. The van der Waals surface area contributed by atoms with Crippen LogP contribution in [0.2, 0.25) is 0 Å². The van der Waals surface area contributed by atoms with Crippen molar-refractivity contribution < 1.29 is 17.5 Å². The second-order valence-electron chi connectivity index (χ2n) is 7.45. The average Bonchev–Trinajstić information content (AvgIpc) is 3.30. The van der Waals surface area contributed by atoms with Gasteiger partial charge in [-0.2, -0.15) is 4.31 Å². The van der Waals surface area contributed by atoms with Crippen molar-refractivity contribution in [3.63, 3.8) is 0 Å². The normalized spacial score (nSPS) is 16.2. The lowest BCUT2D eigenvalue weighted by molar-refractivity contribution is 0.223. The van der Waals surface area contributed by atoms with Gasteiger partial charge in [0, 0.05) is 32.7 Å². The smallest absolute Gasteiger partial charge is 0.243 e. The molecule has 2 aromatic carbocycles. The van der Waals surface area contributed by atoms with Gasteiger partial charge in [0.25, 0.3) is 0 Å². The minimum atomic E-state index is -3.40. The van der Waals surface area contributed by atoms with Gasteiger partial charge in [-0.15, -0.1) is 0 Å². The number of rotatable bonds is 8. The maximum atomic E-state index is 13.3. The molecule has 0 aromatic heterocycles. The van der Waals surface area contributed by atoms with Crippen LogP contribution in [0.25, 0.3) is 0 Å². The van der Waals surface area contributed by atoms with Crippen LogP contribution in [0.15, 0.2) is 58.4 Å². The number of hydrogen-bond donors (Lipinski definition) is 2. The molecule has 0 bridgehead atoms. The molecule has 0 aliphatic carbocycles. The van der Waals surface area contributed by atoms with Crippen LogP contribution >= 0.6 is 0 Å². The van der Waals surface area contributed by atoms with E-state index in [1.807, 2.05) is 6.92 Å². The van der Waals surface area contributed by atoms with Gasteiger partial charge in [0.2, 0.25) is 10.0 Å². The lowest BCUT2D eigenvalue weighted by atomic mass is 10.2. The molecule has 1 heterocycles. The monoisotopic (exact) mass is 448 g/mol. The van der Waals surface area contributed by atoms with Crippen LogP contribution in [0, 0.1) is 5.82 Å². The number of nitrogens with zero attached hydrogens (tertiary/aromatic N) is 2. The molecular weight excluding hydrogens is 419 g/mol. The summed E-state index contributed by atoms with van der Waals surface area (Å²) in [7, 11) is -1.73. The maximum absolute atomic E-state index is 13.3. The number of guanidine groups is 1. The number of benzene rings is 2. The predicted octanol–water partition coefficient (Wildman–Crippen LogP) is 2.74. The van der Waals surface area contributed by atoms with Crippen molar-refractivity contribution in [2.45, 2.75) is 37.3 Å². The van der Waals surface area contributed by atoms with Crippen LogP contribution < -0.4 is 15.4 Å². The summed E-state index contributed by atoms with van der Waals surface area (Å²) in [6, 6.07) is 12.9. The molecule has 168 valence electrons. The molecular formula is C22H29FN4O3S. The summed E-state index contributed by atoms with van der Waals surface area (Å²) < 4.78 is 45.7. The Hall–Kier alpha value is -2.65. The van der Waals surface area contributed by atoms with Crippen LogP contribution in [0.5, 0.6) is 5.75 Å². The van der Waals surface area contributed by atoms with Crippen LogP contribution in [-0.4, -0.2) is 51.5 Å². The van der Waals surface area contributed by atoms with E-state index in [-0.39, 0.29) is 11.9 Å². The highest BCUT2D eigenvalue weighted by Crippen LogP contribution is 2.21. The topological polar surface area (TPSA) is 83.0 Å². The molecule has 2 N–H and O–H groups in total. The molecule has 1 fully saturated rings. The zero-order chi connectivity index (χ0) is 22.3. The average molecular weight is 449 g/mol. The van der Waals surface area contributed by atoms with Gasteiger partial charge < -0.3 is 15.4 Å². The largest absolute Gasteiger partial charge is 0.489 e. The minimum absolute atomic E-state index is 0.199. The lowest BCUT2D eigenvalue weighted by Gasteiger charge is -2.18. The molecule has 1 aliphatic heterocycles. The van der Waals surface area contributed by atoms with Gasteiger partial charge in [-0.1, -0.05) is 18.2 Å². The summed E-state index contributed by atoms with van der Waals surface area (Å²) in [6.07, 6.45) is 1.63. The maximum Gasteiger partial charge on any atom is 0.243 e. The van der Waals surface area contributed by atoms with E-state index in [1.54, 1.807) is 47.8 Å². The molecule has 31 heavy (non-hydrogen) atoms. The van der Waals surface area contributed by atoms with Gasteiger partial charge in [0.05, 0.1) is 11.4 Å². The quantitative estimate of drug-likeness (QED) is 0.479. The van der Waals surface area contributed by atoms with E-state index in [9.17, 15) is 12.8 Å². The highest BCUT2D eigenvalue weighted by Gasteiger charge is 2.26. The Kier molecular flexibility index (Phi) is 7.86. The van der Waals surface area contributed by atoms with Crippen molar-refractivity contribution in [2.75, 3.05) is 26.7 Å². The standard InChI is InChI=1S/C22H29FN4O3S/c1-17(30-20-7-5-6-19(23)14-20)15-25-22(24-2)26-16-18-8-10-21(11-9-18)31(28,29)27-12-3-4-13-27/h5-11,14,17H,3-4,12-13,15-16H2,1-2H3,(H2,24,25,26). The van der Waals surface area contributed by atoms with Crippen molar-refractivity contribution in [2.24, 2.45) is 4.99 Å². The SMILES string of the molecule is CN=C(NCc1ccc(S(=O)(=O)N2CCCC2)cc1)NCC(C)Oc1cccc(F)c1. The van der Waals surface area contributed by atoms with Crippen LogP contribution in [-0.2, 0) is 16.6 Å². The first kappa shape index (κ1) is 23.0. The first-order valence-corrected chi connectivity index (χ1v) is 11.8. The van der Waals surface area contributed by atoms with Gasteiger partial charge in [0.1, 0.15) is 17.7 Å².